The molecule has 2 aliphatic rings. The molecule has 2 aromatic rings. The van der Waals surface area contributed by atoms with E-state index in [1.165, 1.54) is 12.7 Å². The van der Waals surface area contributed by atoms with Gasteiger partial charge in [-0.05, 0) is 30.2 Å². The molecule has 2 aromatic carbocycles. The molecule has 1 saturated heterocycles. The summed E-state index contributed by atoms with van der Waals surface area (Å²) in [4.78, 5) is 29.7. The second kappa shape index (κ2) is 9.63. The van der Waals surface area contributed by atoms with E-state index in [1.54, 1.807) is 0 Å². The van der Waals surface area contributed by atoms with Crippen molar-refractivity contribution in [3.8, 4) is 0 Å². The van der Waals surface area contributed by atoms with Crippen LogP contribution in [0, 0.1) is 6.92 Å². The molecule has 0 aromatic heterocycles. The van der Waals surface area contributed by atoms with Gasteiger partial charge in [0.2, 0.25) is 0 Å². The molecule has 0 saturated carbocycles. The maximum absolute atomic E-state index is 12.7. The van der Waals surface area contributed by atoms with Crippen LogP contribution < -0.4 is 15.5 Å². The molecule has 0 radical (unpaired) electrons. The molecular formula is C24H27ClN4O3. The Bertz CT molecular complexity index is 1030. The maximum atomic E-state index is 12.7. The topological polar surface area (TPSA) is 73.9 Å². The average Bonchev–Trinajstić information content (AvgIpc) is 2.81. The number of aryl methyl sites for hydroxylation is 1. The van der Waals surface area contributed by atoms with Crippen LogP contribution in [0.15, 0.2) is 59.8 Å². The van der Waals surface area contributed by atoms with Gasteiger partial charge in [-0.15, -0.1) is 0 Å². The van der Waals surface area contributed by atoms with Gasteiger partial charge in [-0.2, -0.15) is 0 Å². The Morgan fingerprint density at radius 1 is 1.12 bits per heavy atom. The number of benzene rings is 2. The number of carbonyl (C=O) groups is 2. The Morgan fingerprint density at radius 2 is 1.84 bits per heavy atom. The SMILES string of the molecule is COC(=O)C1=C(CN2CCN(c3cc(Cl)ccc3C)CC2)NC(=O)N[C@@H]1c1ccccc1. The minimum Gasteiger partial charge on any atom is -0.466 e. The average molecular weight is 455 g/mol. The van der Waals surface area contributed by atoms with E-state index >= 15 is 0 Å². The highest BCUT2D eigenvalue weighted by molar-refractivity contribution is 6.30. The maximum Gasteiger partial charge on any atom is 0.338 e. The van der Waals surface area contributed by atoms with Crippen LogP contribution in [0.2, 0.25) is 5.02 Å². The summed E-state index contributed by atoms with van der Waals surface area (Å²) in [5.74, 6) is -0.449. The third kappa shape index (κ3) is 4.74. The number of nitrogens with zero attached hydrogens (tertiary/aromatic N) is 2. The smallest absolute Gasteiger partial charge is 0.338 e. The second-order valence-corrected chi connectivity index (χ2v) is 8.46. The Labute approximate surface area is 193 Å². The van der Waals surface area contributed by atoms with Gasteiger partial charge in [0.05, 0.1) is 18.7 Å². The Morgan fingerprint density at radius 3 is 2.53 bits per heavy atom. The standard InChI is InChI=1S/C24H27ClN4O3/c1-16-8-9-18(25)14-20(16)29-12-10-28(11-13-29)15-19-21(23(30)32-2)22(27-24(31)26-19)17-6-4-3-5-7-17/h3-9,14,22H,10-13,15H2,1-2H3,(H2,26,27,31)/t22-/m1/s1. The number of piperazine rings is 1. The number of carbonyl (C=O) groups excluding carboxylic acids is 2. The van der Waals surface area contributed by atoms with Crippen molar-refractivity contribution in [2.75, 3.05) is 44.7 Å². The lowest BCUT2D eigenvalue weighted by Gasteiger charge is -2.38. The lowest BCUT2D eigenvalue weighted by atomic mass is 9.95. The number of amides is 2. The Kier molecular flexibility index (Phi) is 6.67. The van der Waals surface area contributed by atoms with E-state index in [1.807, 2.05) is 48.5 Å². The number of esters is 1. The molecule has 168 valence electrons. The molecule has 4 rings (SSSR count). The van der Waals surface area contributed by atoms with Crippen LogP contribution in [-0.2, 0) is 9.53 Å². The zero-order chi connectivity index (χ0) is 22.7. The largest absolute Gasteiger partial charge is 0.466 e. The van der Waals surface area contributed by atoms with Crippen LogP contribution in [0.4, 0.5) is 10.5 Å². The summed E-state index contributed by atoms with van der Waals surface area (Å²) in [6, 6.07) is 14.5. The number of ether oxygens (including phenoxy) is 1. The molecule has 0 spiro atoms. The van der Waals surface area contributed by atoms with Gasteiger partial charge in [-0.3, -0.25) is 4.90 Å². The Hall–Kier alpha value is -3.03. The molecule has 2 aliphatic heterocycles. The summed E-state index contributed by atoms with van der Waals surface area (Å²) in [7, 11) is 1.36. The summed E-state index contributed by atoms with van der Waals surface area (Å²) in [5.41, 5.74) is 4.19. The number of urea groups is 1. The van der Waals surface area contributed by atoms with Gasteiger partial charge in [0.1, 0.15) is 0 Å². The first-order valence-electron chi connectivity index (χ1n) is 10.6. The quantitative estimate of drug-likeness (QED) is 0.678. The molecule has 0 bridgehead atoms. The normalized spacial score (nSPS) is 19.4. The number of methoxy groups -OCH3 is 1. The van der Waals surface area contributed by atoms with Crippen molar-refractivity contribution >= 4 is 29.3 Å². The summed E-state index contributed by atoms with van der Waals surface area (Å²) in [6.45, 7) is 5.79. The highest BCUT2D eigenvalue weighted by Crippen LogP contribution is 2.29. The van der Waals surface area contributed by atoms with Crippen LogP contribution >= 0.6 is 11.6 Å². The lowest BCUT2D eigenvalue weighted by Crippen LogP contribution is -2.51. The van der Waals surface area contributed by atoms with Crippen molar-refractivity contribution in [3.63, 3.8) is 0 Å². The van der Waals surface area contributed by atoms with E-state index in [0.717, 1.165) is 42.5 Å². The van der Waals surface area contributed by atoms with E-state index in [4.69, 9.17) is 16.3 Å². The molecular weight excluding hydrogens is 428 g/mol. The van der Waals surface area contributed by atoms with Gasteiger partial charge in [0.25, 0.3) is 0 Å². The van der Waals surface area contributed by atoms with E-state index in [9.17, 15) is 9.59 Å². The van der Waals surface area contributed by atoms with Crippen LogP contribution in [0.3, 0.4) is 0 Å². The number of hydrogen-bond acceptors (Lipinski definition) is 5. The van der Waals surface area contributed by atoms with Crippen molar-refractivity contribution in [1.29, 1.82) is 0 Å². The molecule has 0 aliphatic carbocycles. The molecule has 2 amide bonds. The number of halogens is 1. The number of hydrogen-bond donors (Lipinski definition) is 2. The van der Waals surface area contributed by atoms with Gasteiger partial charge in [-0.25, -0.2) is 9.59 Å². The zero-order valence-corrected chi connectivity index (χ0v) is 19.0. The zero-order valence-electron chi connectivity index (χ0n) is 18.2. The molecule has 8 heteroatoms. The highest BCUT2D eigenvalue weighted by Gasteiger charge is 2.34. The van der Waals surface area contributed by atoms with Gasteiger partial charge < -0.3 is 20.3 Å². The van der Waals surface area contributed by atoms with Crippen LogP contribution in [0.1, 0.15) is 17.2 Å². The summed E-state index contributed by atoms with van der Waals surface area (Å²) in [6.07, 6.45) is 0. The first kappa shape index (κ1) is 22.2. The fraction of sp³-hybridized carbons (Fsp3) is 0.333. The van der Waals surface area contributed by atoms with Gasteiger partial charge >= 0.3 is 12.0 Å². The number of anilines is 1. The molecule has 7 nitrogen and oxygen atoms in total. The highest BCUT2D eigenvalue weighted by atomic mass is 35.5. The summed E-state index contributed by atoms with van der Waals surface area (Å²) < 4.78 is 5.07. The van der Waals surface area contributed by atoms with E-state index in [0.29, 0.717) is 17.8 Å². The van der Waals surface area contributed by atoms with Gasteiger partial charge in [-0.1, -0.05) is 48.0 Å². The monoisotopic (exact) mass is 454 g/mol. The number of nitrogens with one attached hydrogen (secondary N) is 2. The van der Waals surface area contributed by atoms with Crippen molar-refractivity contribution in [1.82, 2.24) is 15.5 Å². The third-order valence-electron chi connectivity index (χ3n) is 5.96. The minimum absolute atomic E-state index is 0.324. The predicted octanol–water partition coefficient (Wildman–Crippen LogP) is 3.25. The van der Waals surface area contributed by atoms with Crippen molar-refractivity contribution in [3.05, 3.63) is 76.0 Å². The van der Waals surface area contributed by atoms with E-state index < -0.39 is 12.0 Å². The van der Waals surface area contributed by atoms with E-state index in [2.05, 4.69) is 27.4 Å². The van der Waals surface area contributed by atoms with E-state index in [-0.39, 0.29) is 6.03 Å². The molecule has 1 atom stereocenters. The predicted molar refractivity (Wildman–Crippen MR) is 125 cm³/mol. The van der Waals surface area contributed by atoms with Crippen molar-refractivity contribution in [2.24, 2.45) is 0 Å². The summed E-state index contributed by atoms with van der Waals surface area (Å²) in [5, 5.41) is 6.43. The molecule has 2 N–H and O–H groups in total. The summed E-state index contributed by atoms with van der Waals surface area (Å²) >= 11 is 6.20. The lowest BCUT2D eigenvalue weighted by molar-refractivity contribution is -0.136. The molecule has 1 fully saturated rings. The van der Waals surface area contributed by atoms with Gasteiger partial charge in [0, 0.05) is 49.1 Å². The molecule has 32 heavy (non-hydrogen) atoms. The van der Waals surface area contributed by atoms with Crippen LogP contribution in [0.25, 0.3) is 0 Å². The van der Waals surface area contributed by atoms with Crippen molar-refractivity contribution < 1.29 is 14.3 Å². The fourth-order valence-electron chi connectivity index (χ4n) is 4.28. The molecule has 0 unspecified atom stereocenters. The van der Waals surface area contributed by atoms with Gasteiger partial charge in [0.15, 0.2) is 0 Å². The second-order valence-electron chi connectivity index (χ2n) is 8.02. The van der Waals surface area contributed by atoms with Crippen LogP contribution in [0.5, 0.6) is 0 Å². The Balaban J connectivity index is 1.54. The fourth-order valence-corrected chi connectivity index (χ4v) is 4.45. The molecule has 2 heterocycles. The third-order valence-corrected chi connectivity index (χ3v) is 6.19. The van der Waals surface area contributed by atoms with Crippen LogP contribution in [-0.4, -0.2) is 56.7 Å². The first-order chi connectivity index (χ1) is 15.5. The minimum atomic E-state index is -0.553. The first-order valence-corrected chi connectivity index (χ1v) is 11.0. The van der Waals surface area contributed by atoms with Crippen molar-refractivity contribution in [2.45, 2.75) is 13.0 Å². The number of rotatable bonds is 5.